The third-order valence-corrected chi connectivity index (χ3v) is 6.98. The fraction of sp³-hybridized carbons (Fsp3) is 0.269. The Bertz CT molecular complexity index is 1280. The van der Waals surface area contributed by atoms with Crippen molar-refractivity contribution in [2.75, 3.05) is 33.9 Å². The summed E-state index contributed by atoms with van der Waals surface area (Å²) >= 11 is 4.79. The predicted octanol–water partition coefficient (Wildman–Crippen LogP) is 4.45. The summed E-state index contributed by atoms with van der Waals surface area (Å²) in [6.45, 7) is 5.82. The van der Waals surface area contributed by atoms with Gasteiger partial charge in [-0.2, -0.15) is 0 Å². The fourth-order valence-corrected chi connectivity index (χ4v) is 5.05. The van der Waals surface area contributed by atoms with E-state index < -0.39 is 11.2 Å². The van der Waals surface area contributed by atoms with Crippen molar-refractivity contribution in [1.29, 1.82) is 0 Å². The Morgan fingerprint density at radius 1 is 1.23 bits per heavy atom. The van der Waals surface area contributed by atoms with Crippen LogP contribution in [0.1, 0.15) is 16.8 Å². The maximum absolute atomic E-state index is 12.9. The number of carbonyl (C=O) groups is 1. The summed E-state index contributed by atoms with van der Waals surface area (Å²) in [6, 6.07) is 7.77. The van der Waals surface area contributed by atoms with Gasteiger partial charge in [0.25, 0.3) is 5.91 Å². The molecular weight excluding hydrogens is 484 g/mol. The first-order valence-electron chi connectivity index (χ1n) is 10.9. The first-order valence-corrected chi connectivity index (χ1v) is 12.6. The van der Waals surface area contributed by atoms with Gasteiger partial charge in [0, 0.05) is 56.7 Å². The average molecular weight is 513 g/mol. The number of hydrogen-bond donors (Lipinski definition) is 0. The second-order valence-electron chi connectivity index (χ2n) is 8.31. The molecule has 2 heterocycles. The third kappa shape index (κ3) is 6.14. The molecule has 35 heavy (non-hydrogen) atoms. The van der Waals surface area contributed by atoms with Crippen LogP contribution in [0, 0.1) is 6.92 Å². The van der Waals surface area contributed by atoms with Crippen LogP contribution in [0.3, 0.4) is 0 Å². The van der Waals surface area contributed by atoms with Gasteiger partial charge >= 0.3 is 0 Å². The van der Waals surface area contributed by atoms with E-state index in [2.05, 4.69) is 11.6 Å². The van der Waals surface area contributed by atoms with Gasteiger partial charge in [-0.1, -0.05) is 36.4 Å². The van der Waals surface area contributed by atoms with Gasteiger partial charge in [-0.15, -0.1) is 0 Å². The van der Waals surface area contributed by atoms with Gasteiger partial charge in [0.1, 0.15) is 17.9 Å². The number of fused-ring (bicyclic) bond motifs is 1. The molecule has 0 saturated carbocycles. The molecule has 0 radical (unpaired) electrons. The van der Waals surface area contributed by atoms with Gasteiger partial charge in [-0.3, -0.25) is 9.78 Å². The van der Waals surface area contributed by atoms with E-state index in [1.54, 1.807) is 20.2 Å². The zero-order valence-electron chi connectivity index (χ0n) is 20.5. The number of aryl methyl sites for hydroxylation is 1. The van der Waals surface area contributed by atoms with Crippen molar-refractivity contribution in [3.8, 4) is 5.75 Å². The number of hydrogen-bond acceptors (Lipinski definition) is 6. The Balaban J connectivity index is 2.00. The number of ether oxygens (including phenoxy) is 1. The molecule has 1 unspecified atom stereocenters. The van der Waals surface area contributed by atoms with Gasteiger partial charge in [-0.05, 0) is 36.3 Å². The van der Waals surface area contributed by atoms with E-state index >= 15 is 0 Å². The molecule has 1 atom stereocenters. The molecule has 0 aliphatic carbocycles. The first-order chi connectivity index (χ1) is 16.6. The normalized spacial score (nSPS) is 12.4. The summed E-state index contributed by atoms with van der Waals surface area (Å²) in [5, 5.41) is 1.25. The van der Waals surface area contributed by atoms with Gasteiger partial charge in [-0.25, -0.2) is 4.98 Å². The number of benzene rings is 1. The lowest BCUT2D eigenvalue weighted by atomic mass is 10.0. The molecule has 3 aromatic rings. The maximum Gasteiger partial charge on any atom is 0.272 e. The fourth-order valence-electron chi connectivity index (χ4n) is 3.52. The second-order valence-corrected chi connectivity index (χ2v) is 10.1. The van der Waals surface area contributed by atoms with E-state index in [0.29, 0.717) is 26.7 Å². The van der Waals surface area contributed by atoms with Crippen molar-refractivity contribution < 1.29 is 14.1 Å². The molecule has 0 fully saturated rings. The van der Waals surface area contributed by atoms with E-state index in [4.69, 9.17) is 21.3 Å². The number of amides is 1. The van der Waals surface area contributed by atoms with Crippen LogP contribution in [0.15, 0.2) is 60.3 Å². The van der Waals surface area contributed by atoms with Crippen LogP contribution in [0.4, 0.5) is 0 Å². The van der Waals surface area contributed by atoms with Crippen LogP contribution >= 0.6 is 11.6 Å². The number of allylic oxidation sites excluding steroid dienone is 2. The lowest BCUT2D eigenvalue weighted by Gasteiger charge is -2.20. The predicted molar refractivity (Wildman–Crippen MR) is 142 cm³/mol. The van der Waals surface area contributed by atoms with Gasteiger partial charge in [0.2, 0.25) is 0 Å². The molecule has 3 rings (SSSR count). The first kappa shape index (κ1) is 26.5. The van der Waals surface area contributed by atoms with E-state index in [0.717, 1.165) is 22.3 Å². The van der Waals surface area contributed by atoms with Crippen LogP contribution in [-0.2, 0) is 22.6 Å². The lowest BCUT2D eigenvalue weighted by Crippen LogP contribution is -2.29. The van der Waals surface area contributed by atoms with Crippen molar-refractivity contribution >= 4 is 45.3 Å². The Morgan fingerprint density at radius 3 is 2.63 bits per heavy atom. The van der Waals surface area contributed by atoms with Crippen LogP contribution in [0.25, 0.3) is 16.6 Å². The minimum absolute atomic E-state index is 0.0473. The SMILES string of the molecule is C=C/C=C(/c1cc(C)nc2c(OCc3c(Cl)cncc3[S+]([O-])CC(=O)N(C)C)cccc12)N(C)C. The summed E-state index contributed by atoms with van der Waals surface area (Å²) in [7, 11) is 7.20. The largest absolute Gasteiger partial charge is 0.611 e. The number of pyridine rings is 2. The number of aromatic nitrogens is 2. The Hall–Kier alpha value is -3.07. The van der Waals surface area contributed by atoms with Crippen LogP contribution in [0.5, 0.6) is 5.75 Å². The lowest BCUT2D eigenvalue weighted by molar-refractivity contribution is -0.125. The minimum Gasteiger partial charge on any atom is -0.611 e. The number of carbonyl (C=O) groups excluding carboxylic acids is 1. The van der Waals surface area contributed by atoms with Crippen LogP contribution in [0.2, 0.25) is 5.02 Å². The minimum atomic E-state index is -1.62. The highest BCUT2D eigenvalue weighted by molar-refractivity contribution is 7.92. The van der Waals surface area contributed by atoms with Crippen molar-refractivity contribution in [2.45, 2.75) is 18.4 Å². The molecule has 9 heteroatoms. The standard InChI is InChI=1S/C26H29ClN4O3S/c1-7-9-22(30(3)4)19-12-17(2)29-26-18(19)10-8-11-23(26)34-15-20-21(27)13-28-14-24(20)35(33)16-25(32)31(5)6/h7-14H,1,15-16H2,2-6H3/b22-9-. The monoisotopic (exact) mass is 512 g/mol. The zero-order valence-corrected chi connectivity index (χ0v) is 22.1. The number of rotatable bonds is 9. The molecule has 0 saturated heterocycles. The highest BCUT2D eigenvalue weighted by atomic mass is 35.5. The summed E-state index contributed by atoms with van der Waals surface area (Å²) in [5.41, 5.74) is 4.07. The van der Waals surface area contributed by atoms with Gasteiger partial charge in [0.15, 0.2) is 10.6 Å². The maximum atomic E-state index is 12.9. The Morgan fingerprint density at radius 2 is 1.97 bits per heavy atom. The quantitative estimate of drug-likeness (QED) is 0.311. The summed E-state index contributed by atoms with van der Waals surface area (Å²) in [5.74, 6) is 0.155. The topological polar surface area (TPSA) is 81.6 Å². The molecule has 1 amide bonds. The third-order valence-electron chi connectivity index (χ3n) is 5.30. The molecule has 0 aliphatic heterocycles. The zero-order chi connectivity index (χ0) is 25.7. The summed E-state index contributed by atoms with van der Waals surface area (Å²) in [4.78, 5) is 24.7. The van der Waals surface area contributed by atoms with Crippen molar-refractivity contribution in [2.24, 2.45) is 0 Å². The number of nitrogens with zero attached hydrogens (tertiary/aromatic N) is 4. The average Bonchev–Trinajstić information content (AvgIpc) is 2.80. The van der Waals surface area contributed by atoms with Crippen molar-refractivity contribution in [3.05, 3.63) is 77.2 Å². The molecule has 7 nitrogen and oxygen atoms in total. The Labute approximate surface area is 214 Å². The second kappa shape index (κ2) is 11.6. The van der Waals surface area contributed by atoms with Crippen molar-refractivity contribution in [3.63, 3.8) is 0 Å². The van der Waals surface area contributed by atoms with Crippen LogP contribution < -0.4 is 4.74 Å². The summed E-state index contributed by atoms with van der Waals surface area (Å²) in [6.07, 6.45) is 6.65. The molecule has 184 valence electrons. The molecule has 1 aromatic carbocycles. The van der Waals surface area contributed by atoms with E-state index in [9.17, 15) is 9.35 Å². The number of halogens is 1. The smallest absolute Gasteiger partial charge is 0.272 e. The molecule has 0 spiro atoms. The molecule has 0 N–H and O–H groups in total. The molecule has 0 bridgehead atoms. The highest BCUT2D eigenvalue weighted by Gasteiger charge is 2.24. The summed E-state index contributed by atoms with van der Waals surface area (Å²) < 4.78 is 19.1. The highest BCUT2D eigenvalue weighted by Crippen LogP contribution is 2.33. The van der Waals surface area contributed by atoms with Crippen LogP contribution in [-0.4, -0.2) is 64.2 Å². The molecule has 2 aromatic heterocycles. The van der Waals surface area contributed by atoms with Gasteiger partial charge in [0.05, 0.1) is 16.8 Å². The van der Waals surface area contributed by atoms with E-state index in [1.165, 1.54) is 17.3 Å². The van der Waals surface area contributed by atoms with Crippen molar-refractivity contribution in [1.82, 2.24) is 19.8 Å². The van der Waals surface area contributed by atoms with E-state index in [1.807, 2.05) is 56.3 Å². The Kier molecular flexibility index (Phi) is 8.77. The number of para-hydroxylation sites is 1. The molecular formula is C26H29ClN4O3S. The van der Waals surface area contributed by atoms with Gasteiger partial charge < -0.3 is 19.1 Å². The van der Waals surface area contributed by atoms with E-state index in [-0.39, 0.29) is 18.3 Å². The molecule has 0 aliphatic rings.